The summed E-state index contributed by atoms with van der Waals surface area (Å²) in [6, 6.07) is 20.4. The van der Waals surface area contributed by atoms with E-state index in [1.54, 1.807) is 24.3 Å². The molecule has 0 radical (unpaired) electrons. The van der Waals surface area contributed by atoms with Crippen LogP contribution in [0.5, 0.6) is 5.75 Å². The first-order valence-corrected chi connectivity index (χ1v) is 17.6. The number of aliphatic carboxylic acids is 1. The largest absolute Gasteiger partial charge is 0.492 e. The van der Waals surface area contributed by atoms with Crippen molar-refractivity contribution in [2.75, 3.05) is 25.4 Å². The number of carboxylic acid groups (broad SMARTS) is 1. The Morgan fingerprint density at radius 1 is 0.911 bits per heavy atom. The second-order valence-corrected chi connectivity index (χ2v) is 14.6. The predicted molar refractivity (Wildman–Crippen MR) is 172 cm³/mol. The van der Waals surface area contributed by atoms with E-state index in [2.05, 4.69) is 0 Å². The third kappa shape index (κ3) is 8.58. The molecular weight excluding hydrogens is 593 g/mol. The molecule has 0 bridgehead atoms. The monoisotopic (exact) mass is 635 g/mol. The van der Waals surface area contributed by atoms with Crippen LogP contribution in [0.2, 0.25) is 0 Å². The van der Waals surface area contributed by atoms with Gasteiger partial charge in [-0.2, -0.15) is 0 Å². The number of carbonyl (C=O) groups excluding carboxylic acids is 1. The number of hydrogen-bond acceptors (Lipinski definition) is 6. The van der Waals surface area contributed by atoms with E-state index in [4.69, 9.17) is 4.74 Å². The number of halogens is 1. The van der Waals surface area contributed by atoms with E-state index >= 15 is 0 Å². The van der Waals surface area contributed by atoms with E-state index in [9.17, 15) is 27.5 Å². The molecule has 1 saturated heterocycles. The zero-order valence-electron chi connectivity index (χ0n) is 25.7. The minimum Gasteiger partial charge on any atom is -0.492 e. The van der Waals surface area contributed by atoms with Crippen molar-refractivity contribution >= 4 is 21.6 Å². The molecule has 1 N–H and O–H groups in total. The standard InChI is InChI=1S/C36H42FNO6S/c1-25(27-8-14-31(37)15-9-27)23-35(39)30-6-4-26(5-7-30)24-45(42,43)33-18-12-29(13-19-33)28-10-16-32(17-11-28)44-22-21-38-20-2-3-34(38)36(40)41/h8-19,25-26,30,34H,2-7,20-24H2,1H3,(H,40,41)/t25-,26?,30?,34-/m0/s1. The number of hydrogen-bond donors (Lipinski definition) is 1. The van der Waals surface area contributed by atoms with Crippen LogP contribution < -0.4 is 4.74 Å². The molecule has 45 heavy (non-hydrogen) atoms. The number of Topliss-reactive ketones (excluding diaryl/α,β-unsaturated/α-hetero) is 1. The average Bonchev–Trinajstić information content (AvgIpc) is 3.51. The number of ketones is 1. The molecule has 0 aromatic heterocycles. The smallest absolute Gasteiger partial charge is 0.320 e. The minimum absolute atomic E-state index is 0.0189. The van der Waals surface area contributed by atoms with Gasteiger partial charge in [-0.3, -0.25) is 14.5 Å². The molecule has 1 aliphatic carbocycles. The number of likely N-dealkylation sites (tertiary alicyclic amines) is 1. The Labute approximate surface area is 265 Å². The Morgan fingerprint density at radius 2 is 1.53 bits per heavy atom. The summed E-state index contributed by atoms with van der Waals surface area (Å²) in [4.78, 5) is 26.5. The van der Waals surface area contributed by atoms with Gasteiger partial charge in [-0.15, -0.1) is 0 Å². The van der Waals surface area contributed by atoms with E-state index in [0.717, 1.165) is 29.7 Å². The maximum absolute atomic E-state index is 13.2. The van der Waals surface area contributed by atoms with Crippen molar-refractivity contribution in [3.8, 4) is 16.9 Å². The van der Waals surface area contributed by atoms with E-state index in [0.29, 0.717) is 62.3 Å². The SMILES string of the molecule is C[C@@H](CC(=O)C1CCC(CS(=O)(=O)c2ccc(-c3ccc(OCCN4CCC[C@H]4C(=O)O)cc3)cc2)CC1)c1ccc(F)cc1. The summed E-state index contributed by atoms with van der Waals surface area (Å²) in [5.41, 5.74) is 2.78. The van der Waals surface area contributed by atoms with E-state index < -0.39 is 21.8 Å². The van der Waals surface area contributed by atoms with Crippen molar-refractivity contribution in [2.24, 2.45) is 11.8 Å². The molecule has 240 valence electrons. The van der Waals surface area contributed by atoms with Crippen LogP contribution in [-0.4, -0.2) is 61.7 Å². The summed E-state index contributed by atoms with van der Waals surface area (Å²) in [6.45, 7) is 3.72. The minimum atomic E-state index is -3.46. The molecule has 1 aliphatic heterocycles. The Kier molecular flexibility index (Phi) is 10.7. The molecule has 0 spiro atoms. The molecule has 0 amide bonds. The first-order valence-electron chi connectivity index (χ1n) is 15.9. The zero-order valence-corrected chi connectivity index (χ0v) is 26.6. The zero-order chi connectivity index (χ0) is 32.0. The van der Waals surface area contributed by atoms with Crippen LogP contribution in [0.4, 0.5) is 4.39 Å². The molecule has 1 heterocycles. The Bertz CT molecular complexity index is 1550. The fraction of sp³-hybridized carbons (Fsp3) is 0.444. The molecule has 1 saturated carbocycles. The van der Waals surface area contributed by atoms with Crippen molar-refractivity contribution in [1.29, 1.82) is 0 Å². The molecule has 5 rings (SSSR count). The quantitative estimate of drug-likeness (QED) is 0.221. The summed E-state index contributed by atoms with van der Waals surface area (Å²) in [7, 11) is -3.46. The van der Waals surface area contributed by atoms with Crippen LogP contribution in [0.15, 0.2) is 77.7 Å². The Balaban J connectivity index is 1.08. The second kappa shape index (κ2) is 14.7. The molecule has 3 aromatic rings. The summed E-state index contributed by atoms with van der Waals surface area (Å²) in [5.74, 6) is -0.0816. The third-order valence-electron chi connectivity index (χ3n) is 9.40. The van der Waals surface area contributed by atoms with Crippen LogP contribution >= 0.6 is 0 Å². The first-order chi connectivity index (χ1) is 21.6. The summed E-state index contributed by atoms with van der Waals surface area (Å²) in [5, 5.41) is 9.32. The number of nitrogens with zero attached hydrogens (tertiary/aromatic N) is 1. The maximum Gasteiger partial charge on any atom is 0.320 e. The molecule has 7 nitrogen and oxygen atoms in total. The van der Waals surface area contributed by atoms with Gasteiger partial charge in [-0.1, -0.05) is 43.3 Å². The molecule has 9 heteroatoms. The van der Waals surface area contributed by atoms with Crippen LogP contribution in [0.1, 0.15) is 63.4 Å². The average molecular weight is 636 g/mol. The van der Waals surface area contributed by atoms with Gasteiger partial charge in [0.05, 0.1) is 10.6 Å². The van der Waals surface area contributed by atoms with E-state index in [1.165, 1.54) is 12.1 Å². The fourth-order valence-electron chi connectivity index (χ4n) is 6.69. The number of benzene rings is 3. The number of rotatable bonds is 13. The lowest BCUT2D eigenvalue weighted by Crippen LogP contribution is -2.38. The van der Waals surface area contributed by atoms with Gasteiger partial charge in [0.2, 0.25) is 0 Å². The molecule has 3 aromatic carbocycles. The number of carboxylic acids is 1. The van der Waals surface area contributed by atoms with Crippen LogP contribution in [0, 0.1) is 17.7 Å². The molecule has 2 atom stereocenters. The van der Waals surface area contributed by atoms with Gasteiger partial charge in [-0.05, 0) is 110 Å². The van der Waals surface area contributed by atoms with Crippen molar-refractivity contribution in [3.05, 3.63) is 84.2 Å². The number of carbonyl (C=O) groups is 2. The molecule has 0 unspecified atom stereocenters. The molecule has 2 aliphatic rings. The highest BCUT2D eigenvalue weighted by atomic mass is 32.2. The Morgan fingerprint density at radius 3 is 2.16 bits per heavy atom. The highest BCUT2D eigenvalue weighted by molar-refractivity contribution is 7.91. The molecule has 2 fully saturated rings. The highest BCUT2D eigenvalue weighted by Crippen LogP contribution is 2.34. The van der Waals surface area contributed by atoms with Crippen LogP contribution in [0.25, 0.3) is 11.1 Å². The van der Waals surface area contributed by atoms with Gasteiger partial charge >= 0.3 is 5.97 Å². The lowest BCUT2D eigenvalue weighted by Gasteiger charge is -2.28. The summed E-state index contributed by atoms with van der Waals surface area (Å²) >= 11 is 0. The second-order valence-electron chi connectivity index (χ2n) is 12.6. The van der Waals surface area contributed by atoms with Gasteiger partial charge < -0.3 is 9.84 Å². The van der Waals surface area contributed by atoms with Gasteiger partial charge in [0, 0.05) is 18.9 Å². The first kappa shape index (κ1) is 32.8. The van der Waals surface area contributed by atoms with Gasteiger partial charge in [0.1, 0.15) is 30.0 Å². The van der Waals surface area contributed by atoms with Crippen molar-refractivity contribution in [1.82, 2.24) is 4.90 Å². The van der Waals surface area contributed by atoms with Crippen LogP contribution in [-0.2, 0) is 19.4 Å². The Hall–Kier alpha value is -3.56. The van der Waals surface area contributed by atoms with Crippen molar-refractivity contribution in [3.63, 3.8) is 0 Å². The van der Waals surface area contributed by atoms with E-state index in [-0.39, 0.29) is 35.1 Å². The highest BCUT2D eigenvalue weighted by Gasteiger charge is 2.31. The van der Waals surface area contributed by atoms with Crippen molar-refractivity contribution < 1.29 is 32.2 Å². The van der Waals surface area contributed by atoms with Gasteiger partial charge in [0.25, 0.3) is 0 Å². The lowest BCUT2D eigenvalue weighted by atomic mass is 9.78. The normalized spacial score (nSPS) is 21.3. The third-order valence-corrected chi connectivity index (χ3v) is 11.3. The predicted octanol–water partition coefficient (Wildman–Crippen LogP) is 6.76. The maximum atomic E-state index is 13.2. The fourth-order valence-corrected chi connectivity index (χ4v) is 8.38. The topological polar surface area (TPSA) is 101 Å². The lowest BCUT2D eigenvalue weighted by molar-refractivity contribution is -0.142. The summed E-state index contributed by atoms with van der Waals surface area (Å²) in [6.07, 6.45) is 4.81. The van der Waals surface area contributed by atoms with Gasteiger partial charge in [-0.25, -0.2) is 12.8 Å². The number of ether oxygens (including phenoxy) is 1. The van der Waals surface area contributed by atoms with Gasteiger partial charge in [0.15, 0.2) is 9.84 Å². The van der Waals surface area contributed by atoms with Crippen LogP contribution in [0.3, 0.4) is 0 Å². The van der Waals surface area contributed by atoms with E-state index in [1.807, 2.05) is 48.2 Å². The summed E-state index contributed by atoms with van der Waals surface area (Å²) < 4.78 is 45.6. The molecular formula is C36H42FNO6S. The number of sulfone groups is 1. The van der Waals surface area contributed by atoms with Crippen molar-refractivity contribution in [2.45, 2.75) is 68.7 Å².